The van der Waals surface area contributed by atoms with Gasteiger partial charge in [0.15, 0.2) is 0 Å². The van der Waals surface area contributed by atoms with Crippen LogP contribution in [-0.2, 0) is 4.74 Å². The Balaban J connectivity index is 2.04. The molecule has 5 heteroatoms. The molecular formula is C19H21NO4. The highest BCUT2D eigenvalue weighted by Gasteiger charge is 2.09. The average Bonchev–Trinajstić information content (AvgIpc) is 2.60. The molecule has 2 aromatic rings. The second kappa shape index (κ2) is 8.15. The van der Waals surface area contributed by atoms with Gasteiger partial charge in [-0.05, 0) is 48.4 Å². The van der Waals surface area contributed by atoms with E-state index in [2.05, 4.69) is 23.9 Å². The fraction of sp³-hybridized carbons (Fsp3) is 0.263. The summed E-state index contributed by atoms with van der Waals surface area (Å²) in [5, 5.41) is 2.79. The van der Waals surface area contributed by atoms with E-state index < -0.39 is 5.97 Å². The third-order valence-electron chi connectivity index (χ3n) is 3.24. The van der Waals surface area contributed by atoms with Crippen LogP contribution in [0.5, 0.6) is 5.75 Å². The summed E-state index contributed by atoms with van der Waals surface area (Å²) in [6, 6.07) is 13.6. The van der Waals surface area contributed by atoms with Crippen LogP contribution >= 0.6 is 0 Å². The largest absolute Gasteiger partial charge is 0.493 e. The van der Waals surface area contributed by atoms with Gasteiger partial charge in [-0.3, -0.25) is 4.79 Å². The molecule has 0 unspecified atom stereocenters. The maximum absolute atomic E-state index is 12.3. The Hall–Kier alpha value is -2.82. The first-order valence-electron chi connectivity index (χ1n) is 7.72. The van der Waals surface area contributed by atoms with Crippen LogP contribution in [0.2, 0.25) is 0 Å². The molecule has 0 fully saturated rings. The predicted octanol–water partition coefficient (Wildman–Crippen LogP) is 3.76. The van der Waals surface area contributed by atoms with Gasteiger partial charge in [-0.2, -0.15) is 0 Å². The fourth-order valence-electron chi connectivity index (χ4n) is 2.00. The molecule has 0 aromatic heterocycles. The number of anilines is 1. The lowest BCUT2D eigenvalue weighted by Gasteiger charge is -2.10. The number of carbonyl (C=O) groups excluding carboxylic acids is 2. The van der Waals surface area contributed by atoms with Gasteiger partial charge in [0.1, 0.15) is 5.75 Å². The number of amides is 1. The van der Waals surface area contributed by atoms with Crippen molar-refractivity contribution in [3.05, 3.63) is 59.7 Å². The molecule has 0 saturated heterocycles. The lowest BCUT2D eigenvalue weighted by molar-refractivity contribution is 0.0600. The van der Waals surface area contributed by atoms with E-state index in [0.29, 0.717) is 35.1 Å². The quantitative estimate of drug-likeness (QED) is 0.821. The molecule has 2 aromatic carbocycles. The number of esters is 1. The molecule has 1 N–H and O–H groups in total. The minimum Gasteiger partial charge on any atom is -0.493 e. The van der Waals surface area contributed by atoms with E-state index in [9.17, 15) is 9.59 Å². The summed E-state index contributed by atoms with van der Waals surface area (Å²) in [6.45, 7) is 4.73. The number of benzene rings is 2. The van der Waals surface area contributed by atoms with E-state index >= 15 is 0 Å². The van der Waals surface area contributed by atoms with Crippen molar-refractivity contribution in [3.8, 4) is 5.75 Å². The zero-order valence-electron chi connectivity index (χ0n) is 14.0. The topological polar surface area (TPSA) is 64.6 Å². The van der Waals surface area contributed by atoms with Crippen LogP contribution in [0.4, 0.5) is 5.69 Å². The van der Waals surface area contributed by atoms with Crippen molar-refractivity contribution in [2.75, 3.05) is 19.0 Å². The molecule has 0 atom stereocenters. The van der Waals surface area contributed by atoms with E-state index in [1.165, 1.54) is 7.11 Å². The summed E-state index contributed by atoms with van der Waals surface area (Å²) >= 11 is 0. The van der Waals surface area contributed by atoms with Crippen LogP contribution in [-0.4, -0.2) is 25.6 Å². The number of hydrogen-bond donors (Lipinski definition) is 1. The van der Waals surface area contributed by atoms with Crippen molar-refractivity contribution in [2.45, 2.75) is 13.8 Å². The molecule has 0 radical (unpaired) electrons. The van der Waals surface area contributed by atoms with Gasteiger partial charge in [-0.1, -0.05) is 19.9 Å². The van der Waals surface area contributed by atoms with Gasteiger partial charge in [-0.15, -0.1) is 0 Å². The van der Waals surface area contributed by atoms with E-state index in [0.717, 1.165) is 0 Å². The summed E-state index contributed by atoms with van der Waals surface area (Å²) in [4.78, 5) is 23.7. The molecule has 2 rings (SSSR count). The monoisotopic (exact) mass is 327 g/mol. The first-order chi connectivity index (χ1) is 11.5. The Labute approximate surface area is 141 Å². The van der Waals surface area contributed by atoms with Crippen molar-refractivity contribution in [1.29, 1.82) is 0 Å². The molecule has 5 nitrogen and oxygen atoms in total. The van der Waals surface area contributed by atoms with Gasteiger partial charge in [0.05, 0.1) is 19.3 Å². The summed E-state index contributed by atoms with van der Waals surface area (Å²) < 4.78 is 10.3. The highest BCUT2D eigenvalue weighted by atomic mass is 16.5. The molecule has 0 saturated carbocycles. The first-order valence-corrected chi connectivity index (χ1v) is 7.72. The van der Waals surface area contributed by atoms with Gasteiger partial charge in [0.25, 0.3) is 5.91 Å². The van der Waals surface area contributed by atoms with E-state index in [4.69, 9.17) is 4.74 Å². The zero-order valence-corrected chi connectivity index (χ0v) is 14.0. The van der Waals surface area contributed by atoms with Crippen LogP contribution < -0.4 is 10.1 Å². The number of hydrogen-bond acceptors (Lipinski definition) is 4. The maximum atomic E-state index is 12.3. The summed E-state index contributed by atoms with van der Waals surface area (Å²) in [7, 11) is 1.33. The van der Waals surface area contributed by atoms with Gasteiger partial charge in [0, 0.05) is 11.3 Å². The molecule has 126 valence electrons. The molecular weight excluding hydrogens is 306 g/mol. The standard InChI is InChI=1S/C19H21NO4/c1-13(2)12-24-17-6-4-5-15(11-17)18(21)20-16-9-7-14(8-10-16)19(22)23-3/h4-11,13H,12H2,1-3H3,(H,20,21). The van der Waals surface area contributed by atoms with Crippen molar-refractivity contribution in [1.82, 2.24) is 0 Å². The predicted molar refractivity (Wildman–Crippen MR) is 92.5 cm³/mol. The number of methoxy groups -OCH3 is 1. The number of ether oxygens (including phenoxy) is 2. The molecule has 0 heterocycles. The Morgan fingerprint density at radius 1 is 1.04 bits per heavy atom. The third kappa shape index (κ3) is 4.84. The highest BCUT2D eigenvalue weighted by Crippen LogP contribution is 2.17. The van der Waals surface area contributed by atoms with Crippen LogP contribution in [0.25, 0.3) is 0 Å². The van der Waals surface area contributed by atoms with Gasteiger partial charge in [0.2, 0.25) is 0 Å². The number of rotatable bonds is 6. The minimum absolute atomic E-state index is 0.240. The van der Waals surface area contributed by atoms with Crippen molar-refractivity contribution < 1.29 is 19.1 Å². The average molecular weight is 327 g/mol. The molecule has 1 amide bonds. The normalized spacial score (nSPS) is 10.3. The van der Waals surface area contributed by atoms with Crippen LogP contribution in [0.1, 0.15) is 34.6 Å². The minimum atomic E-state index is -0.414. The molecule has 0 spiro atoms. The Morgan fingerprint density at radius 3 is 2.38 bits per heavy atom. The second-order valence-electron chi connectivity index (χ2n) is 5.76. The smallest absolute Gasteiger partial charge is 0.337 e. The van der Waals surface area contributed by atoms with E-state index in [-0.39, 0.29) is 5.91 Å². The molecule has 24 heavy (non-hydrogen) atoms. The zero-order chi connectivity index (χ0) is 17.5. The van der Waals surface area contributed by atoms with Gasteiger partial charge >= 0.3 is 5.97 Å². The SMILES string of the molecule is COC(=O)c1ccc(NC(=O)c2cccc(OCC(C)C)c2)cc1. The summed E-state index contributed by atoms with van der Waals surface area (Å²) in [6.07, 6.45) is 0. The van der Waals surface area contributed by atoms with Crippen LogP contribution in [0.3, 0.4) is 0 Å². The van der Waals surface area contributed by atoms with Crippen LogP contribution in [0.15, 0.2) is 48.5 Å². The highest BCUT2D eigenvalue weighted by molar-refractivity contribution is 6.04. The first kappa shape index (κ1) is 17.5. The molecule has 0 aliphatic heterocycles. The van der Waals surface area contributed by atoms with Gasteiger partial charge in [-0.25, -0.2) is 4.79 Å². The lowest BCUT2D eigenvalue weighted by atomic mass is 10.1. The van der Waals surface area contributed by atoms with Crippen molar-refractivity contribution in [3.63, 3.8) is 0 Å². The van der Waals surface area contributed by atoms with E-state index in [1.807, 2.05) is 6.07 Å². The fourth-order valence-corrected chi connectivity index (χ4v) is 2.00. The van der Waals surface area contributed by atoms with Gasteiger partial charge < -0.3 is 14.8 Å². The third-order valence-corrected chi connectivity index (χ3v) is 3.24. The summed E-state index contributed by atoms with van der Waals surface area (Å²) in [5.41, 5.74) is 1.54. The van der Waals surface area contributed by atoms with Crippen molar-refractivity contribution >= 4 is 17.6 Å². The Morgan fingerprint density at radius 2 is 1.75 bits per heavy atom. The molecule has 0 aliphatic rings. The summed E-state index contributed by atoms with van der Waals surface area (Å²) in [5.74, 6) is 0.423. The Kier molecular flexibility index (Phi) is 5.95. The number of carbonyl (C=O) groups is 2. The second-order valence-corrected chi connectivity index (χ2v) is 5.76. The molecule has 0 bridgehead atoms. The number of nitrogens with one attached hydrogen (secondary N) is 1. The van der Waals surface area contributed by atoms with Crippen LogP contribution in [0, 0.1) is 5.92 Å². The van der Waals surface area contributed by atoms with E-state index in [1.54, 1.807) is 42.5 Å². The van der Waals surface area contributed by atoms with Crippen molar-refractivity contribution in [2.24, 2.45) is 5.92 Å². The Bertz CT molecular complexity index is 708. The maximum Gasteiger partial charge on any atom is 0.337 e. The lowest BCUT2D eigenvalue weighted by Crippen LogP contribution is -2.12. The molecule has 0 aliphatic carbocycles.